The summed E-state index contributed by atoms with van der Waals surface area (Å²) >= 11 is 3.58. The van der Waals surface area contributed by atoms with Crippen LogP contribution in [0.4, 0.5) is 0 Å². The van der Waals surface area contributed by atoms with Crippen molar-refractivity contribution in [2.24, 2.45) is 0 Å². The van der Waals surface area contributed by atoms with Crippen LogP contribution >= 0.6 is 28.3 Å². The number of ether oxygens (including phenoxy) is 2. The molecule has 1 heterocycles. The number of carbonyl (C=O) groups excluding carboxylic acids is 1. The second-order valence-corrected chi connectivity index (χ2v) is 7.03. The number of amides is 1. The van der Waals surface area contributed by atoms with E-state index >= 15 is 0 Å². The van der Waals surface area contributed by atoms with Crippen molar-refractivity contribution >= 4 is 45.0 Å². The summed E-state index contributed by atoms with van der Waals surface area (Å²) in [5.74, 6) is 0.421. The number of rotatable bonds is 6. The average Bonchev–Trinajstić information content (AvgIpc) is 2.68. The van der Waals surface area contributed by atoms with E-state index in [1.54, 1.807) is 6.08 Å². The number of halogens is 2. The molecule has 5 nitrogen and oxygen atoms in total. The van der Waals surface area contributed by atoms with Crippen LogP contribution in [0.2, 0.25) is 0 Å². The first-order chi connectivity index (χ1) is 12.6. The Hall–Kier alpha value is -1.60. The molecule has 1 saturated heterocycles. The fourth-order valence-electron chi connectivity index (χ4n) is 3.09. The van der Waals surface area contributed by atoms with Crippen LogP contribution in [0, 0.1) is 0 Å². The van der Waals surface area contributed by atoms with Crippen molar-refractivity contribution in [1.82, 2.24) is 10.2 Å². The highest BCUT2D eigenvalue weighted by Gasteiger charge is 2.23. The van der Waals surface area contributed by atoms with Crippen LogP contribution in [0.15, 0.2) is 47.5 Å². The zero-order valence-electron chi connectivity index (χ0n) is 15.2. The predicted molar refractivity (Wildman–Crippen MR) is 114 cm³/mol. The summed E-state index contributed by atoms with van der Waals surface area (Å²) in [6.07, 6.45) is 1.60. The van der Waals surface area contributed by atoms with Crippen molar-refractivity contribution in [3.63, 3.8) is 0 Å². The molecule has 0 spiro atoms. The van der Waals surface area contributed by atoms with Crippen molar-refractivity contribution in [3.05, 3.63) is 53.0 Å². The molecule has 3 rings (SSSR count). The minimum absolute atomic E-state index is 0. The quantitative estimate of drug-likeness (QED) is 0.669. The molecule has 0 aromatic heterocycles. The first-order valence-electron chi connectivity index (χ1n) is 8.69. The highest BCUT2D eigenvalue weighted by Crippen LogP contribution is 2.35. The van der Waals surface area contributed by atoms with Crippen LogP contribution in [0.3, 0.4) is 0 Å². The monoisotopic (exact) mass is 454 g/mol. The summed E-state index contributed by atoms with van der Waals surface area (Å²) in [5, 5.41) is 4.98. The average molecular weight is 456 g/mol. The lowest BCUT2D eigenvalue weighted by Crippen LogP contribution is -2.50. The van der Waals surface area contributed by atoms with Gasteiger partial charge < -0.3 is 14.8 Å². The van der Waals surface area contributed by atoms with Crippen LogP contribution in [0.5, 0.6) is 5.75 Å². The van der Waals surface area contributed by atoms with Gasteiger partial charge in [-0.25, -0.2) is 0 Å². The molecule has 1 N–H and O–H groups in total. The van der Waals surface area contributed by atoms with Gasteiger partial charge in [0.05, 0.1) is 24.9 Å². The second kappa shape index (κ2) is 10.1. The number of hydrogen-bond donors (Lipinski definition) is 1. The third-order valence-corrected chi connectivity index (χ3v) is 5.12. The molecule has 0 aliphatic carbocycles. The fraction of sp³-hybridized carbons (Fsp3) is 0.350. The minimum Gasteiger partial charge on any atom is -0.488 e. The summed E-state index contributed by atoms with van der Waals surface area (Å²) < 4.78 is 12.1. The van der Waals surface area contributed by atoms with Crippen molar-refractivity contribution in [2.45, 2.75) is 13.1 Å². The molecule has 0 bridgehead atoms. The Morgan fingerprint density at radius 2 is 2.04 bits per heavy atom. The van der Waals surface area contributed by atoms with E-state index in [-0.39, 0.29) is 24.5 Å². The van der Waals surface area contributed by atoms with E-state index in [4.69, 9.17) is 9.47 Å². The lowest BCUT2D eigenvalue weighted by molar-refractivity contribution is 0.0133. The van der Waals surface area contributed by atoms with Gasteiger partial charge in [-0.3, -0.25) is 9.69 Å². The van der Waals surface area contributed by atoms with Gasteiger partial charge in [0.25, 0.3) is 5.91 Å². The Morgan fingerprint density at radius 1 is 1.37 bits per heavy atom. The van der Waals surface area contributed by atoms with Crippen LogP contribution < -0.4 is 10.1 Å². The van der Waals surface area contributed by atoms with Crippen LogP contribution in [0.1, 0.15) is 17.3 Å². The summed E-state index contributed by atoms with van der Waals surface area (Å²) in [6.45, 7) is 9.03. The lowest BCUT2D eigenvalue weighted by Gasteiger charge is -2.32. The zero-order chi connectivity index (χ0) is 18.5. The molecule has 0 saturated carbocycles. The molecular formula is C20H24BrClN2O3. The minimum atomic E-state index is -0.158. The number of carbonyl (C=O) groups is 1. The maximum absolute atomic E-state index is 13.0. The van der Waals surface area contributed by atoms with Gasteiger partial charge >= 0.3 is 0 Å². The van der Waals surface area contributed by atoms with E-state index in [2.05, 4.69) is 32.7 Å². The van der Waals surface area contributed by atoms with Crippen molar-refractivity contribution < 1.29 is 14.3 Å². The van der Waals surface area contributed by atoms with E-state index in [0.717, 1.165) is 28.3 Å². The zero-order valence-corrected chi connectivity index (χ0v) is 17.6. The van der Waals surface area contributed by atoms with Gasteiger partial charge in [0.1, 0.15) is 12.4 Å². The first kappa shape index (κ1) is 21.7. The van der Waals surface area contributed by atoms with Crippen molar-refractivity contribution in [3.8, 4) is 5.75 Å². The number of nitrogens with zero attached hydrogens (tertiary/aromatic N) is 1. The normalized spacial score (nSPS) is 15.6. The third kappa shape index (κ3) is 5.02. The topological polar surface area (TPSA) is 50.8 Å². The van der Waals surface area contributed by atoms with E-state index in [1.165, 1.54) is 0 Å². The molecule has 1 aliphatic heterocycles. The number of hydrogen-bond acceptors (Lipinski definition) is 4. The molecule has 1 unspecified atom stereocenters. The van der Waals surface area contributed by atoms with Gasteiger partial charge in [0, 0.05) is 22.9 Å². The molecule has 0 radical (unpaired) electrons. The second-order valence-electron chi connectivity index (χ2n) is 6.18. The highest BCUT2D eigenvalue weighted by atomic mass is 79.9. The molecular weight excluding hydrogens is 432 g/mol. The largest absolute Gasteiger partial charge is 0.488 e. The molecule has 146 valence electrons. The molecule has 1 aliphatic rings. The Bertz CT molecular complexity index is 809. The number of morpholine rings is 1. The molecule has 1 fully saturated rings. The van der Waals surface area contributed by atoms with Gasteiger partial charge in [-0.2, -0.15) is 0 Å². The standard InChI is InChI=1S/C20H23BrN2O3.ClH/c1-3-10-26-19-16-7-5-4-6-15(16)18(21)13-17(19)20(24)22-14(2)23-8-11-25-12-9-23;/h3-7,13-14H,1,8-12H2,2H3,(H,22,24);1H. The van der Waals surface area contributed by atoms with Gasteiger partial charge in [0.2, 0.25) is 0 Å². The van der Waals surface area contributed by atoms with E-state index in [0.29, 0.717) is 31.1 Å². The van der Waals surface area contributed by atoms with Crippen molar-refractivity contribution in [1.29, 1.82) is 0 Å². The van der Waals surface area contributed by atoms with Gasteiger partial charge in [-0.1, -0.05) is 52.9 Å². The van der Waals surface area contributed by atoms with Crippen LogP contribution in [0.25, 0.3) is 10.8 Å². The molecule has 2 aromatic rings. The lowest BCUT2D eigenvalue weighted by atomic mass is 10.0. The van der Waals surface area contributed by atoms with Crippen molar-refractivity contribution in [2.75, 3.05) is 32.9 Å². The van der Waals surface area contributed by atoms with E-state index < -0.39 is 0 Å². The fourth-order valence-corrected chi connectivity index (χ4v) is 3.67. The Labute approximate surface area is 174 Å². The maximum Gasteiger partial charge on any atom is 0.256 e. The van der Waals surface area contributed by atoms with Crippen LogP contribution in [-0.2, 0) is 4.74 Å². The molecule has 2 aromatic carbocycles. The number of nitrogens with one attached hydrogen (secondary N) is 1. The van der Waals surface area contributed by atoms with Gasteiger partial charge in [-0.15, -0.1) is 12.4 Å². The van der Waals surface area contributed by atoms with E-state index in [1.807, 2.05) is 37.3 Å². The molecule has 7 heteroatoms. The summed E-state index contributed by atoms with van der Waals surface area (Å²) in [5.41, 5.74) is 0.512. The smallest absolute Gasteiger partial charge is 0.256 e. The number of benzene rings is 2. The third-order valence-electron chi connectivity index (χ3n) is 4.47. The Morgan fingerprint density at radius 3 is 2.70 bits per heavy atom. The Kier molecular flexibility index (Phi) is 8.10. The summed E-state index contributed by atoms with van der Waals surface area (Å²) in [4.78, 5) is 15.2. The van der Waals surface area contributed by atoms with Crippen LogP contribution in [-0.4, -0.2) is 49.9 Å². The van der Waals surface area contributed by atoms with Gasteiger partial charge in [-0.05, 0) is 18.4 Å². The Balaban J connectivity index is 0.00000261. The maximum atomic E-state index is 13.0. The highest BCUT2D eigenvalue weighted by molar-refractivity contribution is 9.10. The molecule has 1 atom stereocenters. The SMILES string of the molecule is C=CCOc1c(C(=O)NC(C)N2CCOCC2)cc(Br)c2ccccc12.Cl. The molecule has 1 amide bonds. The first-order valence-corrected chi connectivity index (χ1v) is 9.48. The van der Waals surface area contributed by atoms with E-state index in [9.17, 15) is 4.79 Å². The summed E-state index contributed by atoms with van der Waals surface area (Å²) in [6, 6.07) is 9.68. The molecule has 27 heavy (non-hydrogen) atoms. The summed E-state index contributed by atoms with van der Waals surface area (Å²) in [7, 11) is 0. The van der Waals surface area contributed by atoms with Gasteiger partial charge in [0.15, 0.2) is 0 Å². The predicted octanol–water partition coefficient (Wildman–Crippen LogP) is 4.00. The number of fused-ring (bicyclic) bond motifs is 1.